The van der Waals surface area contributed by atoms with Crippen LogP contribution in [0.4, 0.5) is 0 Å². The van der Waals surface area contributed by atoms with Crippen molar-refractivity contribution < 1.29 is 13.2 Å². The Bertz CT molecular complexity index is 545. The van der Waals surface area contributed by atoms with Crippen LogP contribution in [0.15, 0.2) is 23.1 Å². The summed E-state index contributed by atoms with van der Waals surface area (Å²) < 4.78 is 24.7. The standard InChI is InChI=1S/C9H10Cl2N2O3S/c1-13(5-9(12)14)17(15,16)6-2-3-7(10)8(11)4-6/h2-4H,5H2,1H3,(H2,12,14). The first-order valence-electron chi connectivity index (χ1n) is 4.45. The van der Waals surface area contributed by atoms with Crippen molar-refractivity contribution in [1.29, 1.82) is 0 Å². The maximum Gasteiger partial charge on any atom is 0.243 e. The molecule has 2 N–H and O–H groups in total. The largest absolute Gasteiger partial charge is 0.369 e. The van der Waals surface area contributed by atoms with E-state index < -0.39 is 22.5 Å². The van der Waals surface area contributed by atoms with E-state index in [1.807, 2.05) is 0 Å². The van der Waals surface area contributed by atoms with Crippen LogP contribution in [0.5, 0.6) is 0 Å². The molecule has 0 aromatic heterocycles. The van der Waals surface area contributed by atoms with Crippen LogP contribution in [0.1, 0.15) is 0 Å². The van der Waals surface area contributed by atoms with Crippen LogP contribution < -0.4 is 5.73 Å². The number of halogens is 2. The lowest BCUT2D eigenvalue weighted by Crippen LogP contribution is -2.35. The van der Waals surface area contributed by atoms with Crippen LogP contribution in [0, 0.1) is 0 Å². The maximum absolute atomic E-state index is 11.9. The van der Waals surface area contributed by atoms with Crippen molar-refractivity contribution in [3.05, 3.63) is 28.2 Å². The van der Waals surface area contributed by atoms with Crippen molar-refractivity contribution in [3.8, 4) is 0 Å². The van der Waals surface area contributed by atoms with Gasteiger partial charge in [-0.1, -0.05) is 23.2 Å². The third-order valence-electron chi connectivity index (χ3n) is 1.98. The van der Waals surface area contributed by atoms with Gasteiger partial charge >= 0.3 is 0 Å². The monoisotopic (exact) mass is 296 g/mol. The van der Waals surface area contributed by atoms with Gasteiger partial charge in [-0.3, -0.25) is 4.79 Å². The normalized spacial score (nSPS) is 11.8. The highest BCUT2D eigenvalue weighted by Crippen LogP contribution is 2.25. The number of primary amides is 1. The van der Waals surface area contributed by atoms with Gasteiger partial charge in [-0.15, -0.1) is 0 Å². The molecule has 1 amide bonds. The minimum atomic E-state index is -3.78. The van der Waals surface area contributed by atoms with Crippen molar-refractivity contribution in [2.45, 2.75) is 4.90 Å². The van der Waals surface area contributed by atoms with E-state index in [1.165, 1.54) is 25.2 Å². The van der Waals surface area contributed by atoms with Crippen molar-refractivity contribution in [2.75, 3.05) is 13.6 Å². The minimum Gasteiger partial charge on any atom is -0.369 e. The van der Waals surface area contributed by atoms with Gasteiger partial charge < -0.3 is 5.73 Å². The second-order valence-corrected chi connectivity index (χ2v) is 6.16. The summed E-state index contributed by atoms with van der Waals surface area (Å²) in [4.78, 5) is 10.6. The molecule has 0 aliphatic rings. The van der Waals surface area contributed by atoms with Crippen LogP contribution in [0.3, 0.4) is 0 Å². The number of likely N-dealkylation sites (N-methyl/N-ethyl adjacent to an activating group) is 1. The highest BCUT2D eigenvalue weighted by molar-refractivity contribution is 7.89. The lowest BCUT2D eigenvalue weighted by atomic mass is 10.4. The maximum atomic E-state index is 11.9. The van der Waals surface area contributed by atoms with E-state index in [9.17, 15) is 13.2 Å². The second-order valence-electron chi connectivity index (χ2n) is 3.30. The summed E-state index contributed by atoms with van der Waals surface area (Å²) in [6.07, 6.45) is 0. The van der Waals surface area contributed by atoms with E-state index in [2.05, 4.69) is 0 Å². The van der Waals surface area contributed by atoms with Crippen LogP contribution in [-0.2, 0) is 14.8 Å². The zero-order valence-corrected chi connectivity index (χ0v) is 11.2. The predicted molar refractivity (Wildman–Crippen MR) is 65.5 cm³/mol. The molecule has 0 bridgehead atoms. The molecule has 0 heterocycles. The Morgan fingerprint density at radius 3 is 2.41 bits per heavy atom. The number of nitrogens with two attached hydrogens (primary N) is 1. The highest BCUT2D eigenvalue weighted by atomic mass is 35.5. The van der Waals surface area contributed by atoms with E-state index in [0.29, 0.717) is 0 Å². The van der Waals surface area contributed by atoms with E-state index in [0.717, 1.165) is 4.31 Å². The summed E-state index contributed by atoms with van der Waals surface area (Å²) in [6.45, 7) is -0.400. The molecule has 0 fully saturated rings. The van der Waals surface area contributed by atoms with Crippen molar-refractivity contribution in [2.24, 2.45) is 5.73 Å². The molecule has 17 heavy (non-hydrogen) atoms. The summed E-state index contributed by atoms with van der Waals surface area (Å²) in [5.41, 5.74) is 4.93. The predicted octanol–water partition coefficient (Wildman–Crippen LogP) is 1.10. The first-order valence-corrected chi connectivity index (χ1v) is 6.64. The average molecular weight is 297 g/mol. The zero-order chi connectivity index (χ0) is 13.2. The number of carbonyl (C=O) groups excluding carboxylic acids is 1. The first kappa shape index (κ1) is 14.2. The number of hydrogen-bond donors (Lipinski definition) is 1. The van der Waals surface area contributed by atoms with E-state index in [-0.39, 0.29) is 14.9 Å². The number of amides is 1. The molecule has 0 atom stereocenters. The van der Waals surface area contributed by atoms with E-state index in [4.69, 9.17) is 28.9 Å². The fourth-order valence-electron chi connectivity index (χ4n) is 1.12. The molecular formula is C9H10Cl2N2O3S. The number of rotatable bonds is 4. The Balaban J connectivity index is 3.13. The SMILES string of the molecule is CN(CC(N)=O)S(=O)(=O)c1ccc(Cl)c(Cl)c1. The fourth-order valence-corrected chi connectivity index (χ4v) is 2.65. The highest BCUT2D eigenvalue weighted by Gasteiger charge is 2.22. The third-order valence-corrected chi connectivity index (χ3v) is 4.52. The molecule has 94 valence electrons. The Kier molecular flexibility index (Phi) is 4.37. The first-order chi connectivity index (χ1) is 7.75. The third kappa shape index (κ3) is 3.32. The Hall–Kier alpha value is -0.820. The van der Waals surface area contributed by atoms with Gasteiger partial charge in [0.25, 0.3) is 0 Å². The van der Waals surface area contributed by atoms with Gasteiger partial charge in [0, 0.05) is 7.05 Å². The fraction of sp³-hybridized carbons (Fsp3) is 0.222. The lowest BCUT2D eigenvalue weighted by Gasteiger charge is -2.15. The molecule has 0 unspecified atom stereocenters. The average Bonchev–Trinajstić information content (AvgIpc) is 2.20. The van der Waals surface area contributed by atoms with Gasteiger partial charge in [0.2, 0.25) is 15.9 Å². The molecule has 0 aliphatic carbocycles. The molecule has 0 saturated heterocycles. The summed E-state index contributed by atoms with van der Waals surface area (Å²) in [7, 11) is -2.53. The molecule has 5 nitrogen and oxygen atoms in total. The van der Waals surface area contributed by atoms with Crippen LogP contribution in [-0.4, -0.2) is 32.2 Å². The molecule has 1 aromatic carbocycles. The van der Waals surface area contributed by atoms with Crippen LogP contribution in [0.2, 0.25) is 10.0 Å². The lowest BCUT2D eigenvalue weighted by molar-refractivity contribution is -0.118. The van der Waals surface area contributed by atoms with E-state index in [1.54, 1.807) is 0 Å². The van der Waals surface area contributed by atoms with Gasteiger partial charge in [0.15, 0.2) is 0 Å². The summed E-state index contributed by atoms with van der Waals surface area (Å²) in [6, 6.07) is 3.90. The molecule has 1 aromatic rings. The van der Waals surface area contributed by atoms with E-state index >= 15 is 0 Å². The molecule has 0 aliphatic heterocycles. The summed E-state index contributed by atoms with van der Waals surface area (Å²) >= 11 is 11.4. The molecule has 1 rings (SSSR count). The van der Waals surface area contributed by atoms with Gasteiger partial charge in [0.1, 0.15) is 0 Å². The molecule has 0 radical (unpaired) electrons. The van der Waals surface area contributed by atoms with Crippen molar-refractivity contribution >= 4 is 39.1 Å². The van der Waals surface area contributed by atoms with Gasteiger partial charge in [-0.25, -0.2) is 8.42 Å². The second kappa shape index (κ2) is 5.22. The summed E-state index contributed by atoms with van der Waals surface area (Å²) in [5.74, 6) is -0.740. The van der Waals surface area contributed by atoms with Crippen LogP contribution in [0.25, 0.3) is 0 Å². The van der Waals surface area contributed by atoms with Gasteiger partial charge in [-0.05, 0) is 18.2 Å². The molecular weight excluding hydrogens is 287 g/mol. The smallest absolute Gasteiger partial charge is 0.243 e. The van der Waals surface area contributed by atoms with Crippen LogP contribution >= 0.6 is 23.2 Å². The number of benzene rings is 1. The minimum absolute atomic E-state index is 0.0457. The van der Waals surface area contributed by atoms with Crippen molar-refractivity contribution in [1.82, 2.24) is 4.31 Å². The molecule has 8 heteroatoms. The topological polar surface area (TPSA) is 80.5 Å². The number of sulfonamides is 1. The Labute approximate surface area is 109 Å². The number of carbonyl (C=O) groups is 1. The van der Waals surface area contributed by atoms with Gasteiger partial charge in [-0.2, -0.15) is 4.31 Å². The zero-order valence-electron chi connectivity index (χ0n) is 8.85. The van der Waals surface area contributed by atoms with Crippen molar-refractivity contribution in [3.63, 3.8) is 0 Å². The summed E-state index contributed by atoms with van der Waals surface area (Å²) in [5, 5.41) is 0.378. The quantitative estimate of drug-likeness (QED) is 0.903. The Morgan fingerprint density at radius 1 is 1.35 bits per heavy atom. The van der Waals surface area contributed by atoms with Gasteiger partial charge in [0.05, 0.1) is 21.5 Å². The Morgan fingerprint density at radius 2 is 1.94 bits per heavy atom. The number of hydrogen-bond acceptors (Lipinski definition) is 3. The number of nitrogens with zero attached hydrogens (tertiary/aromatic N) is 1. The molecule has 0 spiro atoms. The molecule has 0 saturated carbocycles.